The van der Waals surface area contributed by atoms with Crippen LogP contribution in [-0.4, -0.2) is 25.8 Å². The highest BCUT2D eigenvalue weighted by Crippen LogP contribution is 2.29. The molecule has 0 aliphatic heterocycles. The monoisotopic (exact) mass is 406 g/mol. The van der Waals surface area contributed by atoms with E-state index in [0.717, 1.165) is 12.1 Å². The average molecular weight is 406 g/mol. The van der Waals surface area contributed by atoms with E-state index < -0.39 is 11.7 Å². The molecular formula is C21H21F3N2O3. The van der Waals surface area contributed by atoms with Crippen LogP contribution in [0, 0.1) is 0 Å². The van der Waals surface area contributed by atoms with E-state index in [0.29, 0.717) is 28.0 Å². The lowest BCUT2D eigenvalue weighted by atomic mass is 10.0. The number of alkyl halides is 3. The van der Waals surface area contributed by atoms with Crippen molar-refractivity contribution in [2.24, 2.45) is 5.16 Å². The largest absolute Gasteiger partial charge is 0.504 e. The van der Waals surface area contributed by atoms with Gasteiger partial charge in [0.2, 0.25) is 0 Å². The Kier molecular flexibility index (Phi) is 7.41. The van der Waals surface area contributed by atoms with Crippen molar-refractivity contribution in [2.75, 3.05) is 14.2 Å². The minimum absolute atomic E-state index is 0.0184. The van der Waals surface area contributed by atoms with Crippen molar-refractivity contribution in [3.8, 4) is 0 Å². The van der Waals surface area contributed by atoms with Gasteiger partial charge >= 0.3 is 6.18 Å². The topological polar surface area (TPSA) is 59.9 Å². The number of amides is 1. The second-order valence-corrected chi connectivity index (χ2v) is 6.03. The van der Waals surface area contributed by atoms with E-state index in [9.17, 15) is 18.0 Å². The molecule has 0 aromatic heterocycles. The molecule has 8 heteroatoms. The predicted octanol–water partition coefficient (Wildman–Crippen LogP) is 4.38. The van der Waals surface area contributed by atoms with Crippen LogP contribution in [0.25, 0.3) is 5.57 Å². The van der Waals surface area contributed by atoms with Crippen LogP contribution in [0.1, 0.15) is 29.2 Å². The van der Waals surface area contributed by atoms with Crippen LogP contribution in [0.3, 0.4) is 0 Å². The van der Waals surface area contributed by atoms with Gasteiger partial charge in [-0.2, -0.15) is 13.2 Å². The van der Waals surface area contributed by atoms with Gasteiger partial charge in [-0.25, -0.2) is 0 Å². The minimum atomic E-state index is -4.43. The van der Waals surface area contributed by atoms with Crippen LogP contribution in [0.5, 0.6) is 0 Å². The lowest BCUT2D eigenvalue weighted by molar-refractivity contribution is -0.137. The smallest absolute Gasteiger partial charge is 0.416 e. The first kappa shape index (κ1) is 22.0. The number of methoxy groups -OCH3 is 1. The van der Waals surface area contributed by atoms with Crippen molar-refractivity contribution in [3.05, 3.63) is 77.0 Å². The van der Waals surface area contributed by atoms with Crippen LogP contribution in [0.4, 0.5) is 13.2 Å². The number of benzene rings is 2. The maximum Gasteiger partial charge on any atom is 0.416 e. The lowest BCUT2D eigenvalue weighted by Crippen LogP contribution is -2.20. The zero-order chi connectivity index (χ0) is 21.4. The Balaban J connectivity index is 2.21. The Morgan fingerprint density at radius 1 is 1.17 bits per heavy atom. The highest BCUT2D eigenvalue weighted by Gasteiger charge is 2.30. The summed E-state index contributed by atoms with van der Waals surface area (Å²) in [6, 6.07) is 11.9. The maximum atomic E-state index is 12.9. The first-order valence-corrected chi connectivity index (χ1v) is 8.65. The van der Waals surface area contributed by atoms with Gasteiger partial charge in [0.05, 0.1) is 30.2 Å². The Bertz CT molecular complexity index is 921. The van der Waals surface area contributed by atoms with Crippen molar-refractivity contribution in [1.29, 1.82) is 0 Å². The van der Waals surface area contributed by atoms with E-state index in [1.54, 1.807) is 31.2 Å². The first-order chi connectivity index (χ1) is 13.8. The summed E-state index contributed by atoms with van der Waals surface area (Å²) in [5.74, 6) is -0.331. The molecule has 0 fully saturated rings. The Labute approximate surface area is 166 Å². The molecule has 29 heavy (non-hydrogen) atoms. The molecule has 1 N–H and O–H groups in total. The van der Waals surface area contributed by atoms with Gasteiger partial charge in [-0.15, -0.1) is 0 Å². The number of likely N-dealkylation sites (N-methyl/N-ethyl adjacent to an activating group) is 1. The van der Waals surface area contributed by atoms with E-state index in [1.165, 1.54) is 32.6 Å². The number of ether oxygens (including phenoxy) is 1. The molecule has 0 saturated carbocycles. The summed E-state index contributed by atoms with van der Waals surface area (Å²) < 4.78 is 43.6. The van der Waals surface area contributed by atoms with Crippen LogP contribution in [0.15, 0.2) is 59.9 Å². The first-order valence-electron chi connectivity index (χ1n) is 8.65. The quantitative estimate of drug-likeness (QED) is 0.321. The number of nitrogens with zero attached hydrogens (tertiary/aromatic N) is 1. The van der Waals surface area contributed by atoms with E-state index in [2.05, 4.69) is 10.5 Å². The maximum absolute atomic E-state index is 12.9. The summed E-state index contributed by atoms with van der Waals surface area (Å²) in [5.41, 5.74) is 1.43. The molecule has 0 aliphatic carbocycles. The molecule has 0 unspecified atom stereocenters. The number of oxime groups is 1. The molecule has 2 aromatic rings. The number of carbonyl (C=O) groups excluding carboxylic acids is 1. The van der Waals surface area contributed by atoms with E-state index in [-0.39, 0.29) is 12.5 Å². The van der Waals surface area contributed by atoms with Gasteiger partial charge in [-0.3, -0.25) is 4.79 Å². The van der Waals surface area contributed by atoms with E-state index in [4.69, 9.17) is 9.57 Å². The molecule has 2 aromatic carbocycles. The third-order valence-corrected chi connectivity index (χ3v) is 4.04. The van der Waals surface area contributed by atoms with Gasteiger partial charge in [0, 0.05) is 12.6 Å². The molecule has 0 radical (unpaired) electrons. The highest BCUT2D eigenvalue weighted by molar-refractivity contribution is 6.19. The summed E-state index contributed by atoms with van der Waals surface area (Å²) in [6.07, 6.45) is -3.10. The molecule has 154 valence electrons. The third-order valence-electron chi connectivity index (χ3n) is 4.04. The molecular weight excluding hydrogens is 385 g/mol. The number of halogens is 3. The predicted molar refractivity (Wildman–Crippen MR) is 104 cm³/mol. The van der Waals surface area contributed by atoms with Gasteiger partial charge in [0.25, 0.3) is 5.91 Å². The molecule has 0 bridgehead atoms. The number of rotatable bonds is 7. The second kappa shape index (κ2) is 9.77. The molecule has 5 nitrogen and oxygen atoms in total. The molecule has 0 atom stereocenters. The van der Waals surface area contributed by atoms with E-state index in [1.807, 2.05) is 0 Å². The van der Waals surface area contributed by atoms with Crippen LogP contribution < -0.4 is 5.32 Å². The zero-order valence-corrected chi connectivity index (χ0v) is 16.2. The normalized spacial score (nSPS) is 12.5. The van der Waals surface area contributed by atoms with Crippen LogP contribution >= 0.6 is 0 Å². The van der Waals surface area contributed by atoms with E-state index >= 15 is 0 Å². The number of nitrogens with one attached hydrogen (secondary N) is 1. The summed E-state index contributed by atoms with van der Waals surface area (Å²) in [6.45, 7) is 1.58. The Morgan fingerprint density at radius 3 is 2.55 bits per heavy atom. The van der Waals surface area contributed by atoms with Gasteiger partial charge in [-0.05, 0) is 30.2 Å². The fourth-order valence-electron chi connectivity index (χ4n) is 2.57. The zero-order valence-electron chi connectivity index (χ0n) is 16.2. The molecule has 0 spiro atoms. The lowest BCUT2D eigenvalue weighted by Gasteiger charge is -2.12. The van der Waals surface area contributed by atoms with Crippen molar-refractivity contribution < 1.29 is 27.5 Å². The number of hydrogen-bond acceptors (Lipinski definition) is 4. The van der Waals surface area contributed by atoms with Crippen molar-refractivity contribution in [1.82, 2.24) is 5.32 Å². The minimum Gasteiger partial charge on any atom is -0.504 e. The molecule has 2 rings (SSSR count). The Hall–Kier alpha value is -3.29. The summed E-state index contributed by atoms with van der Waals surface area (Å²) >= 11 is 0. The van der Waals surface area contributed by atoms with Crippen molar-refractivity contribution in [3.63, 3.8) is 0 Å². The summed E-state index contributed by atoms with van der Waals surface area (Å²) in [5, 5.41) is 6.46. The van der Waals surface area contributed by atoms with Gasteiger partial charge in [-0.1, -0.05) is 41.6 Å². The van der Waals surface area contributed by atoms with Crippen molar-refractivity contribution in [2.45, 2.75) is 19.7 Å². The van der Waals surface area contributed by atoms with Gasteiger partial charge in [0.1, 0.15) is 6.61 Å². The fourth-order valence-corrected chi connectivity index (χ4v) is 2.57. The SMILES string of the molecule is CNC(=O)C(=COC)c1ccccc1CON=C(C)c1cccc(C(F)(F)F)c1. The summed E-state index contributed by atoms with van der Waals surface area (Å²) in [4.78, 5) is 17.5. The van der Waals surface area contributed by atoms with Gasteiger partial charge in [0.15, 0.2) is 0 Å². The second-order valence-electron chi connectivity index (χ2n) is 6.03. The molecule has 0 heterocycles. The molecule has 0 saturated heterocycles. The summed E-state index contributed by atoms with van der Waals surface area (Å²) in [7, 11) is 2.94. The van der Waals surface area contributed by atoms with Crippen molar-refractivity contribution >= 4 is 17.2 Å². The molecule has 1 amide bonds. The third kappa shape index (κ3) is 5.84. The number of hydrogen-bond donors (Lipinski definition) is 1. The average Bonchev–Trinajstić information content (AvgIpc) is 2.71. The van der Waals surface area contributed by atoms with Crippen LogP contribution in [-0.2, 0) is 27.2 Å². The van der Waals surface area contributed by atoms with Gasteiger partial charge < -0.3 is 14.9 Å². The Morgan fingerprint density at radius 2 is 1.90 bits per heavy atom. The standard InChI is InChI=1S/C21H21F3N2O3/c1-14(15-8-6-9-17(11-15)21(22,23)24)26-29-12-16-7-4-5-10-18(16)19(13-28-3)20(27)25-2/h4-11,13H,12H2,1-3H3,(H,25,27). The molecule has 0 aliphatic rings. The van der Waals surface area contributed by atoms with Crippen LogP contribution in [0.2, 0.25) is 0 Å². The fraction of sp³-hybridized carbons (Fsp3) is 0.238. The number of carbonyl (C=O) groups is 1. The highest BCUT2D eigenvalue weighted by atomic mass is 19.4.